The van der Waals surface area contributed by atoms with Gasteiger partial charge in [-0.3, -0.25) is 0 Å². The monoisotopic (exact) mass is 488 g/mol. The van der Waals surface area contributed by atoms with Gasteiger partial charge in [0.1, 0.15) is 10.8 Å². The minimum Gasteiger partial charge on any atom is -0.357 e. The molecule has 0 aliphatic heterocycles. The SMILES string of the molecule is CCNC(=NCc1ncc(C)s1)NCC1(c2ccc(F)cc2)CCC1.I. The van der Waals surface area contributed by atoms with Gasteiger partial charge in [0.2, 0.25) is 0 Å². The number of rotatable bonds is 6. The zero-order valence-corrected chi connectivity index (χ0v) is 18.4. The van der Waals surface area contributed by atoms with E-state index in [2.05, 4.69) is 34.5 Å². The highest BCUT2D eigenvalue weighted by Crippen LogP contribution is 2.43. The van der Waals surface area contributed by atoms with Crippen LogP contribution in [-0.2, 0) is 12.0 Å². The van der Waals surface area contributed by atoms with Crippen molar-refractivity contribution in [2.45, 2.75) is 45.1 Å². The van der Waals surface area contributed by atoms with Crippen molar-refractivity contribution in [1.29, 1.82) is 0 Å². The molecule has 1 aliphatic carbocycles. The molecule has 1 fully saturated rings. The summed E-state index contributed by atoms with van der Waals surface area (Å²) in [5.74, 6) is 0.628. The molecule has 26 heavy (non-hydrogen) atoms. The number of guanidine groups is 1. The van der Waals surface area contributed by atoms with Gasteiger partial charge < -0.3 is 10.6 Å². The molecule has 2 aromatic rings. The Bertz CT molecular complexity index is 725. The number of hydrogen-bond donors (Lipinski definition) is 2. The third-order valence-electron chi connectivity index (χ3n) is 4.75. The minimum atomic E-state index is -0.181. The summed E-state index contributed by atoms with van der Waals surface area (Å²) < 4.78 is 13.2. The van der Waals surface area contributed by atoms with E-state index >= 15 is 0 Å². The highest BCUT2D eigenvalue weighted by molar-refractivity contribution is 14.0. The summed E-state index contributed by atoms with van der Waals surface area (Å²) in [6.45, 7) is 6.31. The van der Waals surface area contributed by atoms with Crippen molar-refractivity contribution in [1.82, 2.24) is 15.6 Å². The Morgan fingerprint density at radius 3 is 2.54 bits per heavy atom. The molecule has 7 heteroatoms. The molecule has 142 valence electrons. The fourth-order valence-electron chi connectivity index (χ4n) is 3.19. The molecular weight excluding hydrogens is 462 g/mol. The topological polar surface area (TPSA) is 49.3 Å². The van der Waals surface area contributed by atoms with Gasteiger partial charge >= 0.3 is 0 Å². The molecule has 1 saturated carbocycles. The van der Waals surface area contributed by atoms with E-state index < -0.39 is 0 Å². The number of aromatic nitrogens is 1. The lowest BCUT2D eigenvalue weighted by atomic mass is 9.64. The molecule has 1 aliphatic rings. The van der Waals surface area contributed by atoms with Gasteiger partial charge in [-0.1, -0.05) is 18.6 Å². The predicted octanol–water partition coefficient (Wildman–Crippen LogP) is 4.39. The molecular formula is C19H26FIN4S. The second-order valence-electron chi connectivity index (χ2n) is 6.55. The zero-order valence-electron chi connectivity index (χ0n) is 15.2. The standard InChI is InChI=1S/C19H25FN4S.HI/c1-3-21-18(23-12-17-22-11-14(2)25-17)24-13-19(9-4-10-19)15-5-7-16(20)8-6-15;/h5-8,11H,3-4,9-10,12-13H2,1-2H3,(H2,21,23,24);1H. The van der Waals surface area contributed by atoms with Crippen molar-refractivity contribution in [3.8, 4) is 0 Å². The molecule has 1 aromatic heterocycles. The number of halogens is 2. The van der Waals surface area contributed by atoms with Gasteiger partial charge in [-0.15, -0.1) is 35.3 Å². The van der Waals surface area contributed by atoms with Crippen LogP contribution in [0.25, 0.3) is 0 Å². The van der Waals surface area contributed by atoms with Gasteiger partial charge in [-0.25, -0.2) is 14.4 Å². The van der Waals surface area contributed by atoms with Crippen LogP contribution in [0.4, 0.5) is 4.39 Å². The highest BCUT2D eigenvalue weighted by Gasteiger charge is 2.38. The maximum absolute atomic E-state index is 13.2. The third kappa shape index (κ3) is 5.16. The summed E-state index contributed by atoms with van der Waals surface area (Å²) >= 11 is 1.68. The number of nitrogens with one attached hydrogen (secondary N) is 2. The lowest BCUT2D eigenvalue weighted by molar-refractivity contribution is 0.243. The maximum Gasteiger partial charge on any atom is 0.191 e. The number of thiazole rings is 1. The molecule has 4 nitrogen and oxygen atoms in total. The zero-order chi connectivity index (χ0) is 17.7. The van der Waals surface area contributed by atoms with E-state index in [1.807, 2.05) is 18.3 Å². The van der Waals surface area contributed by atoms with Crippen LogP contribution in [0.3, 0.4) is 0 Å². The van der Waals surface area contributed by atoms with E-state index in [1.54, 1.807) is 23.5 Å². The van der Waals surface area contributed by atoms with Crippen LogP contribution in [0.1, 0.15) is 41.6 Å². The lowest BCUT2D eigenvalue weighted by Gasteiger charge is -2.43. The van der Waals surface area contributed by atoms with Crippen LogP contribution < -0.4 is 10.6 Å². The van der Waals surface area contributed by atoms with Gasteiger partial charge in [-0.2, -0.15) is 0 Å². The first-order chi connectivity index (χ1) is 12.1. The number of benzene rings is 1. The molecule has 3 rings (SSSR count). The summed E-state index contributed by atoms with van der Waals surface area (Å²) in [5, 5.41) is 7.79. The fraction of sp³-hybridized carbons (Fsp3) is 0.474. The summed E-state index contributed by atoms with van der Waals surface area (Å²) in [5.41, 5.74) is 1.29. The summed E-state index contributed by atoms with van der Waals surface area (Å²) in [7, 11) is 0. The number of nitrogens with zero attached hydrogens (tertiary/aromatic N) is 2. The van der Waals surface area contributed by atoms with Gasteiger partial charge in [0.05, 0.1) is 6.54 Å². The van der Waals surface area contributed by atoms with E-state index in [9.17, 15) is 4.39 Å². The smallest absolute Gasteiger partial charge is 0.191 e. The molecule has 0 saturated heterocycles. The lowest BCUT2D eigenvalue weighted by Crippen LogP contribution is -2.48. The van der Waals surface area contributed by atoms with Crippen LogP contribution in [-0.4, -0.2) is 24.0 Å². The van der Waals surface area contributed by atoms with Crippen LogP contribution in [0.15, 0.2) is 35.5 Å². The molecule has 0 spiro atoms. The highest BCUT2D eigenvalue weighted by atomic mass is 127. The first kappa shape index (κ1) is 21.1. The Labute approximate surface area is 175 Å². The normalized spacial score (nSPS) is 15.7. The van der Waals surface area contributed by atoms with Crippen LogP contribution in [0, 0.1) is 12.7 Å². The van der Waals surface area contributed by atoms with E-state index in [1.165, 1.54) is 16.9 Å². The van der Waals surface area contributed by atoms with E-state index in [0.29, 0.717) is 6.54 Å². The van der Waals surface area contributed by atoms with E-state index in [4.69, 9.17) is 0 Å². The molecule has 2 N–H and O–H groups in total. The quantitative estimate of drug-likeness (QED) is 0.361. The van der Waals surface area contributed by atoms with Crippen molar-refractivity contribution in [3.05, 3.63) is 51.7 Å². The van der Waals surface area contributed by atoms with Crippen molar-refractivity contribution in [3.63, 3.8) is 0 Å². The average Bonchev–Trinajstić information content (AvgIpc) is 2.98. The molecule has 1 heterocycles. The first-order valence-corrected chi connectivity index (χ1v) is 9.62. The van der Waals surface area contributed by atoms with Crippen molar-refractivity contribution in [2.75, 3.05) is 13.1 Å². The number of aliphatic imine (C=N–C) groups is 1. The number of hydrogen-bond acceptors (Lipinski definition) is 3. The van der Waals surface area contributed by atoms with Crippen LogP contribution in [0.5, 0.6) is 0 Å². The molecule has 0 atom stereocenters. The first-order valence-electron chi connectivity index (χ1n) is 8.81. The minimum absolute atomic E-state index is 0. The average molecular weight is 488 g/mol. The van der Waals surface area contributed by atoms with Crippen molar-refractivity contribution >= 4 is 41.3 Å². The Morgan fingerprint density at radius 2 is 2.00 bits per heavy atom. The Morgan fingerprint density at radius 1 is 1.27 bits per heavy atom. The third-order valence-corrected chi connectivity index (χ3v) is 5.64. The summed E-state index contributed by atoms with van der Waals surface area (Å²) in [6.07, 6.45) is 5.34. The Hall–Kier alpha value is -1.22. The van der Waals surface area contributed by atoms with Gasteiger partial charge in [-0.05, 0) is 44.4 Å². The van der Waals surface area contributed by atoms with Gasteiger partial charge in [0.25, 0.3) is 0 Å². The van der Waals surface area contributed by atoms with E-state index in [0.717, 1.165) is 36.9 Å². The van der Waals surface area contributed by atoms with Gasteiger partial charge in [0.15, 0.2) is 5.96 Å². The Balaban J connectivity index is 0.00000243. The van der Waals surface area contributed by atoms with Crippen molar-refractivity contribution in [2.24, 2.45) is 4.99 Å². The summed E-state index contributed by atoms with van der Waals surface area (Å²) in [4.78, 5) is 10.2. The van der Waals surface area contributed by atoms with Crippen LogP contribution in [0.2, 0.25) is 0 Å². The number of aryl methyl sites for hydroxylation is 1. The molecule has 1 aromatic carbocycles. The van der Waals surface area contributed by atoms with Crippen LogP contribution >= 0.6 is 35.3 Å². The fourth-order valence-corrected chi connectivity index (χ4v) is 3.90. The molecule has 0 unspecified atom stereocenters. The second-order valence-corrected chi connectivity index (χ2v) is 7.87. The van der Waals surface area contributed by atoms with E-state index in [-0.39, 0.29) is 35.2 Å². The Kier molecular flexibility index (Phi) is 7.82. The maximum atomic E-state index is 13.2. The largest absolute Gasteiger partial charge is 0.357 e. The van der Waals surface area contributed by atoms with Gasteiger partial charge in [0, 0.05) is 29.6 Å². The predicted molar refractivity (Wildman–Crippen MR) is 117 cm³/mol. The second kappa shape index (κ2) is 9.64. The summed E-state index contributed by atoms with van der Waals surface area (Å²) in [6, 6.07) is 6.94. The van der Waals surface area contributed by atoms with Crippen molar-refractivity contribution < 1.29 is 4.39 Å². The molecule has 0 amide bonds. The molecule has 0 bridgehead atoms. The molecule has 0 radical (unpaired) electrons.